The van der Waals surface area contributed by atoms with Crippen LogP contribution in [0.1, 0.15) is 26.2 Å². The molecule has 0 bridgehead atoms. The smallest absolute Gasteiger partial charge is 0.328 e. The van der Waals surface area contributed by atoms with Gasteiger partial charge in [0, 0.05) is 5.92 Å². The van der Waals surface area contributed by atoms with Crippen LogP contribution in [0.5, 0.6) is 0 Å². The first-order valence-corrected chi connectivity index (χ1v) is 5.53. The van der Waals surface area contributed by atoms with Gasteiger partial charge in [-0.25, -0.2) is 4.79 Å². The molecular weight excluding hydrogens is 194 g/mol. The minimum atomic E-state index is -0.524. The van der Waals surface area contributed by atoms with Crippen molar-refractivity contribution in [2.45, 2.75) is 32.2 Å². The molecule has 0 aliphatic heterocycles. The molecule has 1 amide bonds. The van der Waals surface area contributed by atoms with Gasteiger partial charge in [0.2, 0.25) is 5.91 Å². The highest BCUT2D eigenvalue weighted by Crippen LogP contribution is 2.57. The second kappa shape index (κ2) is 3.83. The summed E-state index contributed by atoms with van der Waals surface area (Å²) in [4.78, 5) is 22.8. The number of amides is 1. The quantitative estimate of drug-likeness (QED) is 0.699. The minimum absolute atomic E-state index is 0.0302. The molecule has 2 rings (SSSR count). The van der Waals surface area contributed by atoms with E-state index in [4.69, 9.17) is 0 Å². The van der Waals surface area contributed by atoms with Gasteiger partial charge in [0.1, 0.15) is 6.04 Å². The fourth-order valence-electron chi connectivity index (χ4n) is 2.76. The van der Waals surface area contributed by atoms with Gasteiger partial charge in [0.25, 0.3) is 0 Å². The molecule has 0 aromatic carbocycles. The Morgan fingerprint density at radius 3 is 2.47 bits per heavy atom. The van der Waals surface area contributed by atoms with Gasteiger partial charge in [-0.2, -0.15) is 0 Å². The molecule has 0 spiro atoms. The van der Waals surface area contributed by atoms with E-state index < -0.39 is 6.04 Å². The van der Waals surface area contributed by atoms with Gasteiger partial charge in [-0.3, -0.25) is 4.79 Å². The summed E-state index contributed by atoms with van der Waals surface area (Å²) >= 11 is 0. The lowest BCUT2D eigenvalue weighted by molar-refractivity contribution is -0.144. The van der Waals surface area contributed by atoms with Crippen molar-refractivity contribution >= 4 is 11.9 Å². The number of carbonyl (C=O) groups is 2. The predicted molar refractivity (Wildman–Crippen MR) is 53.9 cm³/mol. The number of ether oxygens (including phenoxy) is 1. The van der Waals surface area contributed by atoms with Crippen LogP contribution in [-0.2, 0) is 14.3 Å². The van der Waals surface area contributed by atoms with Gasteiger partial charge in [0.05, 0.1) is 7.11 Å². The van der Waals surface area contributed by atoms with E-state index in [1.54, 1.807) is 6.92 Å². The highest BCUT2D eigenvalue weighted by atomic mass is 16.5. The zero-order valence-electron chi connectivity index (χ0n) is 9.16. The monoisotopic (exact) mass is 211 g/mol. The first-order valence-electron chi connectivity index (χ1n) is 5.53. The Bertz CT molecular complexity index is 280. The zero-order chi connectivity index (χ0) is 11.0. The van der Waals surface area contributed by atoms with Crippen LogP contribution in [0, 0.1) is 17.8 Å². The maximum Gasteiger partial charge on any atom is 0.328 e. The molecule has 15 heavy (non-hydrogen) atoms. The van der Waals surface area contributed by atoms with Crippen molar-refractivity contribution in [1.29, 1.82) is 0 Å². The number of esters is 1. The molecule has 2 saturated carbocycles. The van der Waals surface area contributed by atoms with E-state index in [2.05, 4.69) is 10.1 Å². The summed E-state index contributed by atoms with van der Waals surface area (Å²) in [6, 6.07) is -0.524. The fraction of sp³-hybridized carbons (Fsp3) is 0.818. The lowest BCUT2D eigenvalue weighted by Gasteiger charge is -2.12. The average Bonchev–Trinajstić information content (AvgIpc) is 2.72. The molecule has 0 radical (unpaired) electrons. The van der Waals surface area contributed by atoms with E-state index in [-0.39, 0.29) is 17.8 Å². The fourth-order valence-corrected chi connectivity index (χ4v) is 2.76. The van der Waals surface area contributed by atoms with Crippen molar-refractivity contribution in [1.82, 2.24) is 5.32 Å². The molecule has 0 heterocycles. The second-order valence-electron chi connectivity index (χ2n) is 4.54. The normalized spacial score (nSPS) is 34.1. The molecule has 3 unspecified atom stereocenters. The van der Waals surface area contributed by atoms with Crippen molar-refractivity contribution in [3.63, 3.8) is 0 Å². The van der Waals surface area contributed by atoms with Gasteiger partial charge in [0.15, 0.2) is 0 Å². The Hall–Kier alpha value is -1.06. The van der Waals surface area contributed by atoms with Gasteiger partial charge < -0.3 is 10.1 Å². The summed E-state index contributed by atoms with van der Waals surface area (Å²) in [5.41, 5.74) is 0. The summed E-state index contributed by atoms with van der Waals surface area (Å²) < 4.78 is 4.55. The average molecular weight is 211 g/mol. The van der Waals surface area contributed by atoms with Crippen LogP contribution in [0.3, 0.4) is 0 Å². The number of hydrogen-bond acceptors (Lipinski definition) is 3. The topological polar surface area (TPSA) is 55.4 Å². The lowest BCUT2D eigenvalue weighted by atomic mass is 10.1. The van der Waals surface area contributed by atoms with E-state index in [0.29, 0.717) is 11.8 Å². The van der Waals surface area contributed by atoms with E-state index in [9.17, 15) is 9.59 Å². The minimum Gasteiger partial charge on any atom is -0.467 e. The lowest BCUT2D eigenvalue weighted by Crippen LogP contribution is -2.40. The third-order valence-electron chi connectivity index (χ3n) is 3.62. The van der Waals surface area contributed by atoms with E-state index in [0.717, 1.165) is 0 Å². The SMILES string of the molecule is COC(=O)C(C)NC(=O)C1C2CCCC21. The maximum absolute atomic E-state index is 11.7. The van der Waals surface area contributed by atoms with E-state index in [1.165, 1.54) is 26.4 Å². The Morgan fingerprint density at radius 1 is 1.33 bits per heavy atom. The standard InChI is InChI=1S/C11H17NO3/c1-6(11(14)15-2)12-10(13)9-7-4-3-5-8(7)9/h6-9H,3-5H2,1-2H3,(H,12,13). The Labute approximate surface area is 89.4 Å². The first-order chi connectivity index (χ1) is 7.15. The van der Waals surface area contributed by atoms with Crippen LogP contribution >= 0.6 is 0 Å². The highest BCUT2D eigenvalue weighted by molar-refractivity contribution is 5.87. The summed E-state index contributed by atoms with van der Waals surface area (Å²) in [6.45, 7) is 1.65. The molecular formula is C11H17NO3. The molecule has 2 aliphatic rings. The van der Waals surface area contributed by atoms with Gasteiger partial charge >= 0.3 is 5.97 Å². The molecule has 3 atom stereocenters. The Balaban J connectivity index is 1.81. The molecule has 84 valence electrons. The number of carbonyl (C=O) groups excluding carboxylic acids is 2. The van der Waals surface area contributed by atoms with Crippen LogP contribution in [0.25, 0.3) is 0 Å². The summed E-state index contributed by atoms with van der Waals surface area (Å²) in [5, 5.41) is 2.71. The predicted octanol–water partition coefficient (Wildman–Crippen LogP) is 0.710. The Morgan fingerprint density at radius 2 is 1.93 bits per heavy atom. The van der Waals surface area contributed by atoms with Crippen molar-refractivity contribution in [3.05, 3.63) is 0 Å². The number of hydrogen-bond donors (Lipinski definition) is 1. The van der Waals surface area contributed by atoms with E-state index in [1.807, 2.05) is 0 Å². The highest BCUT2D eigenvalue weighted by Gasteiger charge is 2.56. The third-order valence-corrected chi connectivity index (χ3v) is 3.62. The van der Waals surface area contributed by atoms with Gasteiger partial charge in [-0.15, -0.1) is 0 Å². The molecule has 0 aromatic rings. The number of methoxy groups -OCH3 is 1. The summed E-state index contributed by atoms with van der Waals surface area (Å²) in [6.07, 6.45) is 3.61. The second-order valence-corrected chi connectivity index (χ2v) is 4.54. The number of nitrogens with one attached hydrogen (secondary N) is 1. The third kappa shape index (κ3) is 1.85. The van der Waals surface area contributed by atoms with Crippen molar-refractivity contribution in [2.75, 3.05) is 7.11 Å². The van der Waals surface area contributed by atoms with Crippen LogP contribution in [0.15, 0.2) is 0 Å². The van der Waals surface area contributed by atoms with Gasteiger partial charge in [-0.1, -0.05) is 6.42 Å². The summed E-state index contributed by atoms with van der Waals surface area (Å²) in [5.74, 6) is 1.01. The molecule has 2 fully saturated rings. The summed E-state index contributed by atoms with van der Waals surface area (Å²) in [7, 11) is 1.33. The van der Waals surface area contributed by atoms with Crippen LogP contribution in [0.2, 0.25) is 0 Å². The van der Waals surface area contributed by atoms with Crippen molar-refractivity contribution in [3.8, 4) is 0 Å². The van der Waals surface area contributed by atoms with E-state index >= 15 is 0 Å². The molecule has 0 saturated heterocycles. The molecule has 0 aromatic heterocycles. The molecule has 2 aliphatic carbocycles. The Kier molecular flexibility index (Phi) is 2.67. The van der Waals surface area contributed by atoms with Crippen molar-refractivity contribution < 1.29 is 14.3 Å². The molecule has 4 nitrogen and oxygen atoms in total. The number of rotatable bonds is 3. The maximum atomic E-state index is 11.7. The number of fused-ring (bicyclic) bond motifs is 1. The van der Waals surface area contributed by atoms with Crippen molar-refractivity contribution in [2.24, 2.45) is 17.8 Å². The van der Waals surface area contributed by atoms with Gasteiger partial charge in [-0.05, 0) is 31.6 Å². The van der Waals surface area contributed by atoms with Crippen LogP contribution < -0.4 is 5.32 Å². The largest absolute Gasteiger partial charge is 0.467 e. The first kappa shape index (κ1) is 10.5. The molecule has 4 heteroatoms. The van der Waals surface area contributed by atoms with Crippen LogP contribution in [-0.4, -0.2) is 25.0 Å². The van der Waals surface area contributed by atoms with Crippen LogP contribution in [0.4, 0.5) is 0 Å². The molecule has 1 N–H and O–H groups in total. The zero-order valence-corrected chi connectivity index (χ0v) is 9.16.